The second-order valence-electron chi connectivity index (χ2n) is 8.55. The average Bonchev–Trinajstić information content (AvgIpc) is 3.30. The summed E-state index contributed by atoms with van der Waals surface area (Å²) in [4.78, 5) is 17.7. The number of likely N-dealkylation sites (tertiary alicyclic amines) is 1. The quantitative estimate of drug-likeness (QED) is 0.619. The minimum Gasteiger partial charge on any atom is -0.497 e. The maximum Gasteiger partial charge on any atom is 0.253 e. The number of ether oxygens (including phenoxy) is 1. The molecule has 2 aliphatic rings. The molecule has 3 aromatic rings. The maximum atomic E-state index is 13.1. The van der Waals surface area contributed by atoms with Crippen molar-refractivity contribution < 1.29 is 9.53 Å². The van der Waals surface area contributed by atoms with Crippen LogP contribution < -0.4 is 9.64 Å². The predicted octanol–water partition coefficient (Wildman–Crippen LogP) is 4.77. The summed E-state index contributed by atoms with van der Waals surface area (Å²) in [6.07, 6.45) is 4.01. The molecule has 0 saturated carbocycles. The first kappa shape index (κ1) is 19.7. The Balaban J connectivity index is 1.45. The zero-order valence-electron chi connectivity index (χ0n) is 18.5. The first-order chi connectivity index (χ1) is 15.1. The molecule has 5 heteroatoms. The molecule has 0 atom stereocenters. The van der Waals surface area contributed by atoms with E-state index in [4.69, 9.17) is 4.74 Å². The number of nitrogens with zero attached hydrogens (tertiary/aromatic N) is 3. The number of rotatable bonds is 3. The van der Waals surface area contributed by atoms with E-state index in [1.165, 1.54) is 22.6 Å². The molecule has 31 heavy (non-hydrogen) atoms. The number of methoxy groups -OCH3 is 1. The van der Waals surface area contributed by atoms with Crippen LogP contribution in [0.3, 0.4) is 0 Å². The molecule has 5 nitrogen and oxygen atoms in total. The van der Waals surface area contributed by atoms with E-state index >= 15 is 0 Å². The lowest BCUT2D eigenvalue weighted by Gasteiger charge is -2.53. The third-order valence-electron chi connectivity index (χ3n) is 6.95. The Morgan fingerprint density at radius 2 is 1.77 bits per heavy atom. The van der Waals surface area contributed by atoms with Crippen LogP contribution in [-0.4, -0.2) is 42.1 Å². The van der Waals surface area contributed by atoms with Gasteiger partial charge in [-0.1, -0.05) is 6.07 Å². The van der Waals surface area contributed by atoms with E-state index in [1.807, 2.05) is 29.2 Å². The van der Waals surface area contributed by atoms with Crippen molar-refractivity contribution in [2.45, 2.75) is 32.2 Å². The van der Waals surface area contributed by atoms with Crippen LogP contribution >= 0.6 is 0 Å². The Bertz CT molecular complexity index is 1110. The van der Waals surface area contributed by atoms with Crippen molar-refractivity contribution in [1.29, 1.82) is 0 Å². The Morgan fingerprint density at radius 3 is 2.45 bits per heavy atom. The van der Waals surface area contributed by atoms with Gasteiger partial charge in [0.25, 0.3) is 5.91 Å². The molecule has 2 aliphatic heterocycles. The van der Waals surface area contributed by atoms with E-state index < -0.39 is 0 Å². The van der Waals surface area contributed by atoms with Crippen LogP contribution in [0.2, 0.25) is 0 Å². The van der Waals surface area contributed by atoms with Crippen LogP contribution in [0.4, 0.5) is 5.69 Å². The van der Waals surface area contributed by atoms with Gasteiger partial charge < -0.3 is 19.1 Å². The van der Waals surface area contributed by atoms with Gasteiger partial charge in [-0.05, 0) is 80.8 Å². The van der Waals surface area contributed by atoms with Crippen LogP contribution in [0.15, 0.2) is 60.8 Å². The van der Waals surface area contributed by atoms with E-state index in [2.05, 4.69) is 59.8 Å². The third-order valence-corrected chi connectivity index (χ3v) is 6.95. The monoisotopic (exact) mass is 415 g/mol. The number of amides is 1. The summed E-state index contributed by atoms with van der Waals surface area (Å²) in [6.45, 7) is 6.82. The van der Waals surface area contributed by atoms with Crippen LogP contribution in [0.1, 0.15) is 41.4 Å². The van der Waals surface area contributed by atoms with Crippen LogP contribution in [-0.2, 0) is 5.54 Å². The van der Waals surface area contributed by atoms with E-state index in [0.717, 1.165) is 43.8 Å². The highest BCUT2D eigenvalue weighted by Gasteiger charge is 2.46. The lowest BCUT2D eigenvalue weighted by molar-refractivity contribution is 0.0656. The molecule has 0 bridgehead atoms. The lowest BCUT2D eigenvalue weighted by Crippen LogP contribution is -2.57. The number of piperidine rings is 1. The number of carbonyl (C=O) groups excluding carboxylic acids is 1. The molecular formula is C26H29N3O2. The van der Waals surface area contributed by atoms with Gasteiger partial charge in [0.15, 0.2) is 0 Å². The van der Waals surface area contributed by atoms with Crippen LogP contribution in [0, 0.1) is 6.92 Å². The molecule has 0 radical (unpaired) electrons. The van der Waals surface area contributed by atoms with Gasteiger partial charge in [-0.15, -0.1) is 0 Å². The molecule has 5 rings (SSSR count). The topological polar surface area (TPSA) is 37.7 Å². The molecule has 1 aromatic heterocycles. The molecule has 1 saturated heterocycles. The maximum absolute atomic E-state index is 13.1. The minimum atomic E-state index is -0.0876. The Kier molecular flexibility index (Phi) is 4.77. The molecule has 0 aliphatic carbocycles. The number of hydrogen-bond acceptors (Lipinski definition) is 3. The van der Waals surface area contributed by atoms with Gasteiger partial charge in [-0.25, -0.2) is 0 Å². The van der Waals surface area contributed by atoms with E-state index in [1.54, 1.807) is 7.11 Å². The fourth-order valence-corrected chi connectivity index (χ4v) is 5.39. The number of aryl methyl sites for hydroxylation is 1. The second-order valence-corrected chi connectivity index (χ2v) is 8.55. The van der Waals surface area contributed by atoms with E-state index in [9.17, 15) is 4.79 Å². The number of anilines is 1. The highest BCUT2D eigenvalue weighted by molar-refractivity contribution is 5.94. The standard InChI is InChI=1S/C26H29N3O2/c1-4-29-23-18-19(2)7-12-22(23)28-15-5-6-24(28)26(29)13-16-27(17-14-26)25(30)20-8-10-21(31-3)11-9-20/h5-12,15,18H,4,13-14,16-17H2,1-3H3. The van der Waals surface area contributed by atoms with Gasteiger partial charge in [-0.2, -0.15) is 0 Å². The minimum absolute atomic E-state index is 0.0876. The van der Waals surface area contributed by atoms with Crippen LogP contribution in [0.25, 0.3) is 5.69 Å². The summed E-state index contributed by atoms with van der Waals surface area (Å²) < 4.78 is 7.57. The number of aromatic nitrogens is 1. The summed E-state index contributed by atoms with van der Waals surface area (Å²) >= 11 is 0. The van der Waals surface area contributed by atoms with Crippen molar-refractivity contribution >= 4 is 11.6 Å². The number of hydrogen-bond donors (Lipinski definition) is 0. The summed E-state index contributed by atoms with van der Waals surface area (Å²) in [5.74, 6) is 0.868. The fourth-order valence-electron chi connectivity index (χ4n) is 5.39. The fraction of sp³-hybridized carbons (Fsp3) is 0.346. The number of fused-ring (bicyclic) bond motifs is 4. The SMILES string of the molecule is CCN1c2cc(C)ccc2-n2cccc2C12CCN(C(=O)c1ccc(OC)cc1)CC2. The average molecular weight is 416 g/mol. The molecule has 1 spiro atoms. The third kappa shape index (κ3) is 3.02. The van der Waals surface area contributed by atoms with Gasteiger partial charge in [0.2, 0.25) is 0 Å². The van der Waals surface area contributed by atoms with Crippen molar-refractivity contribution in [2.24, 2.45) is 0 Å². The smallest absolute Gasteiger partial charge is 0.253 e. The van der Waals surface area contributed by atoms with Gasteiger partial charge in [0, 0.05) is 37.1 Å². The van der Waals surface area contributed by atoms with Crippen molar-refractivity contribution in [3.8, 4) is 11.4 Å². The molecule has 0 N–H and O–H groups in total. The normalized spacial score (nSPS) is 16.7. The predicted molar refractivity (Wildman–Crippen MR) is 123 cm³/mol. The molecule has 3 heterocycles. The summed E-state index contributed by atoms with van der Waals surface area (Å²) in [5, 5.41) is 0. The highest BCUT2D eigenvalue weighted by Crippen LogP contribution is 2.48. The Hall–Kier alpha value is -3.21. The first-order valence-electron chi connectivity index (χ1n) is 11.1. The highest BCUT2D eigenvalue weighted by atomic mass is 16.5. The number of carbonyl (C=O) groups is 1. The molecule has 1 fully saturated rings. The summed E-state index contributed by atoms with van der Waals surface area (Å²) in [5.41, 5.74) is 5.78. The van der Waals surface area contributed by atoms with E-state index in [-0.39, 0.29) is 11.4 Å². The van der Waals surface area contributed by atoms with Crippen molar-refractivity contribution in [3.63, 3.8) is 0 Å². The largest absolute Gasteiger partial charge is 0.497 e. The first-order valence-corrected chi connectivity index (χ1v) is 11.1. The summed E-state index contributed by atoms with van der Waals surface area (Å²) in [7, 11) is 1.64. The van der Waals surface area contributed by atoms with Crippen LogP contribution in [0.5, 0.6) is 5.75 Å². The van der Waals surface area contributed by atoms with Gasteiger partial charge in [-0.3, -0.25) is 4.79 Å². The molecular weight excluding hydrogens is 386 g/mol. The molecule has 0 unspecified atom stereocenters. The van der Waals surface area contributed by atoms with Gasteiger partial charge in [0.1, 0.15) is 5.75 Å². The Morgan fingerprint density at radius 1 is 1.03 bits per heavy atom. The van der Waals surface area contributed by atoms with Gasteiger partial charge >= 0.3 is 0 Å². The van der Waals surface area contributed by atoms with Gasteiger partial charge in [0.05, 0.1) is 24.0 Å². The van der Waals surface area contributed by atoms with Crippen molar-refractivity contribution in [1.82, 2.24) is 9.47 Å². The lowest BCUT2D eigenvalue weighted by atomic mass is 9.80. The Labute approximate surface area is 183 Å². The summed E-state index contributed by atoms with van der Waals surface area (Å²) in [6, 6.07) is 18.5. The number of benzene rings is 2. The molecule has 2 aromatic carbocycles. The van der Waals surface area contributed by atoms with Crippen molar-refractivity contribution in [2.75, 3.05) is 31.6 Å². The van der Waals surface area contributed by atoms with Crippen molar-refractivity contribution in [3.05, 3.63) is 77.6 Å². The zero-order chi connectivity index (χ0) is 21.6. The van der Waals surface area contributed by atoms with E-state index in [0.29, 0.717) is 0 Å². The molecule has 160 valence electrons. The molecule has 1 amide bonds. The second kappa shape index (κ2) is 7.49. The zero-order valence-corrected chi connectivity index (χ0v) is 18.5.